The molecule has 1 aromatic rings. The second-order valence-electron chi connectivity index (χ2n) is 3.51. The first-order valence-electron chi connectivity index (χ1n) is 5.16. The minimum Gasteiger partial charge on any atom is -0.390 e. The van der Waals surface area contributed by atoms with Crippen LogP contribution in [0, 0.1) is 0 Å². The van der Waals surface area contributed by atoms with Crippen molar-refractivity contribution in [3.05, 3.63) is 46.6 Å². The first kappa shape index (κ1) is 14.8. The molecule has 0 heterocycles. The standard InChI is InChI=1S/C12H11BrF3NO/c13-10(11(18)12(14,15)16)8-17-7-6-9-4-2-1-3-5-9/h1-5,8,17H,6-7H2. The molecule has 0 saturated heterocycles. The highest BCUT2D eigenvalue weighted by atomic mass is 79.9. The number of hydrogen-bond acceptors (Lipinski definition) is 2. The van der Waals surface area contributed by atoms with Gasteiger partial charge < -0.3 is 5.32 Å². The summed E-state index contributed by atoms with van der Waals surface area (Å²) < 4.78 is 35.6. The van der Waals surface area contributed by atoms with Crippen molar-refractivity contribution < 1.29 is 18.0 Å². The third-order valence-corrected chi connectivity index (χ3v) is 2.69. The van der Waals surface area contributed by atoms with Crippen LogP contribution in [0.15, 0.2) is 41.0 Å². The van der Waals surface area contributed by atoms with Crippen molar-refractivity contribution in [1.82, 2.24) is 5.32 Å². The Morgan fingerprint density at radius 3 is 2.44 bits per heavy atom. The predicted octanol–water partition coefficient (Wildman–Crippen LogP) is 3.19. The van der Waals surface area contributed by atoms with E-state index in [-0.39, 0.29) is 0 Å². The average molecular weight is 322 g/mol. The highest BCUT2D eigenvalue weighted by molar-refractivity contribution is 9.12. The van der Waals surface area contributed by atoms with Gasteiger partial charge in [-0.15, -0.1) is 0 Å². The summed E-state index contributed by atoms with van der Waals surface area (Å²) in [6.45, 7) is 0.449. The van der Waals surface area contributed by atoms with E-state index in [0.717, 1.165) is 11.8 Å². The normalized spacial score (nSPS) is 12.3. The van der Waals surface area contributed by atoms with E-state index in [9.17, 15) is 18.0 Å². The second kappa shape index (κ2) is 6.58. The minimum absolute atomic E-state index is 0.449. The summed E-state index contributed by atoms with van der Waals surface area (Å²) in [5, 5.41) is 2.66. The molecule has 0 saturated carbocycles. The Hall–Kier alpha value is -1.30. The van der Waals surface area contributed by atoms with Crippen LogP contribution in [0.3, 0.4) is 0 Å². The Bertz CT molecular complexity index is 429. The van der Waals surface area contributed by atoms with Crippen molar-refractivity contribution in [3.8, 4) is 0 Å². The summed E-state index contributed by atoms with van der Waals surface area (Å²) in [7, 11) is 0. The van der Waals surface area contributed by atoms with Crippen LogP contribution in [-0.2, 0) is 11.2 Å². The molecule has 0 amide bonds. The summed E-state index contributed by atoms with van der Waals surface area (Å²) in [4.78, 5) is 10.7. The molecule has 0 aliphatic rings. The smallest absolute Gasteiger partial charge is 0.390 e. The van der Waals surface area contributed by atoms with E-state index in [1.165, 1.54) is 0 Å². The Morgan fingerprint density at radius 2 is 1.89 bits per heavy atom. The molecule has 6 heteroatoms. The molecule has 0 aliphatic heterocycles. The van der Waals surface area contributed by atoms with Gasteiger partial charge in [0.25, 0.3) is 5.78 Å². The molecular formula is C12H11BrF3NO. The van der Waals surface area contributed by atoms with Gasteiger partial charge in [-0.3, -0.25) is 4.79 Å². The Balaban J connectivity index is 2.39. The molecule has 0 spiro atoms. The van der Waals surface area contributed by atoms with Crippen LogP contribution in [0.1, 0.15) is 5.56 Å². The van der Waals surface area contributed by atoms with Gasteiger partial charge in [0.05, 0.1) is 4.48 Å². The van der Waals surface area contributed by atoms with E-state index in [0.29, 0.717) is 13.0 Å². The maximum absolute atomic E-state index is 12.0. The summed E-state index contributed by atoms with van der Waals surface area (Å²) in [6, 6.07) is 9.49. The summed E-state index contributed by atoms with van der Waals surface area (Å²) in [5.41, 5.74) is 1.07. The highest BCUT2D eigenvalue weighted by Crippen LogP contribution is 2.23. The van der Waals surface area contributed by atoms with Crippen molar-refractivity contribution in [3.63, 3.8) is 0 Å². The maximum Gasteiger partial charge on any atom is 0.455 e. The number of carbonyl (C=O) groups is 1. The topological polar surface area (TPSA) is 29.1 Å². The fraction of sp³-hybridized carbons (Fsp3) is 0.250. The van der Waals surface area contributed by atoms with E-state index in [2.05, 4.69) is 21.2 Å². The second-order valence-corrected chi connectivity index (χ2v) is 4.36. The van der Waals surface area contributed by atoms with Gasteiger partial charge in [-0.2, -0.15) is 13.2 Å². The highest BCUT2D eigenvalue weighted by Gasteiger charge is 2.39. The first-order chi connectivity index (χ1) is 8.41. The van der Waals surface area contributed by atoms with Crippen LogP contribution in [0.25, 0.3) is 0 Å². The molecule has 18 heavy (non-hydrogen) atoms. The number of halogens is 4. The molecule has 0 aliphatic carbocycles. The molecule has 0 unspecified atom stereocenters. The van der Waals surface area contributed by atoms with E-state index in [1.54, 1.807) is 0 Å². The van der Waals surface area contributed by atoms with E-state index >= 15 is 0 Å². The molecular weight excluding hydrogens is 311 g/mol. The van der Waals surface area contributed by atoms with Gasteiger partial charge in [0.2, 0.25) is 0 Å². The minimum atomic E-state index is -4.85. The molecule has 98 valence electrons. The third kappa shape index (κ3) is 4.91. The molecule has 0 aromatic heterocycles. The van der Waals surface area contributed by atoms with Crippen molar-refractivity contribution in [2.24, 2.45) is 0 Å². The van der Waals surface area contributed by atoms with Crippen LogP contribution in [0.2, 0.25) is 0 Å². The largest absolute Gasteiger partial charge is 0.455 e. The molecule has 0 bridgehead atoms. The fourth-order valence-electron chi connectivity index (χ4n) is 1.22. The zero-order chi connectivity index (χ0) is 13.6. The molecule has 0 atom stereocenters. The Morgan fingerprint density at radius 1 is 1.28 bits per heavy atom. The van der Waals surface area contributed by atoms with Crippen molar-refractivity contribution >= 4 is 21.7 Å². The molecule has 2 nitrogen and oxygen atoms in total. The number of Topliss-reactive ketones (excluding diaryl/α,β-unsaturated/α-hetero) is 1. The van der Waals surface area contributed by atoms with Crippen molar-refractivity contribution in [2.45, 2.75) is 12.6 Å². The van der Waals surface area contributed by atoms with Gasteiger partial charge in [-0.1, -0.05) is 30.3 Å². The van der Waals surface area contributed by atoms with Crippen LogP contribution in [-0.4, -0.2) is 18.5 Å². The van der Waals surface area contributed by atoms with Gasteiger partial charge in [0.1, 0.15) is 0 Å². The number of rotatable bonds is 5. The number of allylic oxidation sites excluding steroid dienone is 1. The van der Waals surface area contributed by atoms with Gasteiger partial charge in [-0.05, 0) is 27.9 Å². The molecule has 1 rings (SSSR count). The van der Waals surface area contributed by atoms with E-state index < -0.39 is 16.4 Å². The maximum atomic E-state index is 12.0. The van der Waals surface area contributed by atoms with Crippen LogP contribution < -0.4 is 5.32 Å². The third-order valence-electron chi connectivity index (χ3n) is 2.10. The lowest BCUT2D eigenvalue weighted by Crippen LogP contribution is -2.24. The van der Waals surface area contributed by atoms with Gasteiger partial charge in [0, 0.05) is 12.7 Å². The molecule has 0 fully saturated rings. The number of ketones is 1. The number of nitrogens with one attached hydrogen (secondary N) is 1. The average Bonchev–Trinajstić information content (AvgIpc) is 2.33. The lowest BCUT2D eigenvalue weighted by molar-refractivity contribution is -0.165. The van der Waals surface area contributed by atoms with Crippen LogP contribution in [0.5, 0.6) is 0 Å². The lowest BCUT2D eigenvalue weighted by atomic mass is 10.1. The van der Waals surface area contributed by atoms with E-state index in [4.69, 9.17) is 0 Å². The van der Waals surface area contributed by atoms with Crippen molar-refractivity contribution in [1.29, 1.82) is 0 Å². The van der Waals surface area contributed by atoms with Gasteiger partial charge in [-0.25, -0.2) is 0 Å². The first-order valence-corrected chi connectivity index (χ1v) is 5.95. The van der Waals surface area contributed by atoms with Crippen LogP contribution >= 0.6 is 15.9 Å². The summed E-state index contributed by atoms with van der Waals surface area (Å²) in [6.07, 6.45) is -3.16. The number of hydrogen-bond donors (Lipinski definition) is 1. The molecule has 1 aromatic carbocycles. The van der Waals surface area contributed by atoms with Gasteiger partial charge in [0.15, 0.2) is 0 Å². The van der Waals surface area contributed by atoms with Crippen LogP contribution in [0.4, 0.5) is 13.2 Å². The monoisotopic (exact) mass is 321 g/mol. The number of benzene rings is 1. The SMILES string of the molecule is O=C(C(Br)=CNCCc1ccccc1)C(F)(F)F. The lowest BCUT2D eigenvalue weighted by Gasteiger charge is -2.05. The Kier molecular flexibility index (Phi) is 5.40. The van der Waals surface area contributed by atoms with Crippen molar-refractivity contribution in [2.75, 3.05) is 6.54 Å². The molecule has 0 radical (unpaired) electrons. The van der Waals surface area contributed by atoms with Gasteiger partial charge >= 0.3 is 6.18 Å². The molecule has 1 N–H and O–H groups in total. The Labute approximate surface area is 111 Å². The fourth-order valence-corrected chi connectivity index (χ4v) is 1.61. The van der Waals surface area contributed by atoms with E-state index in [1.807, 2.05) is 30.3 Å². The summed E-state index contributed by atoms with van der Waals surface area (Å²) in [5.74, 6) is -1.89. The summed E-state index contributed by atoms with van der Waals surface area (Å²) >= 11 is 2.59. The zero-order valence-corrected chi connectivity index (χ0v) is 10.9. The number of carbonyl (C=O) groups excluding carboxylic acids is 1. The number of alkyl halides is 3. The zero-order valence-electron chi connectivity index (χ0n) is 9.30. The quantitative estimate of drug-likeness (QED) is 0.666. The predicted molar refractivity (Wildman–Crippen MR) is 66.2 cm³/mol.